The van der Waals surface area contributed by atoms with Crippen molar-refractivity contribution < 1.29 is 84.0 Å². The minimum absolute atomic E-state index is 0.00881. The van der Waals surface area contributed by atoms with Crippen molar-refractivity contribution in [3.05, 3.63) is 76.5 Å². The molecule has 0 bridgehead atoms. The van der Waals surface area contributed by atoms with Gasteiger partial charge in [-0.3, -0.25) is 4.79 Å². The number of fused-ring (bicyclic) bond motifs is 1. The lowest BCUT2D eigenvalue weighted by atomic mass is 9.97. The SMILES string of the molecule is C[C@@H]1O[C@@H](O[C@H]2[C@H](Oc3c(-c4ccc(O)c(O)c4)oc4cc(O)cc(O)c4c3=O)O[C@H](COC(=O)/C=C/c3ccc(O)cc3)[C@@H](O)[C@@H]2O)[C@H](O)[C@H](O)[C@H]1O. The Balaban J connectivity index is 1.37. The number of ether oxygens (including phenoxy) is 5. The molecule has 18 nitrogen and oxygen atoms in total. The molecule has 2 aliphatic heterocycles. The van der Waals surface area contributed by atoms with Crippen molar-refractivity contribution in [2.75, 3.05) is 6.61 Å². The molecule has 3 heterocycles. The van der Waals surface area contributed by atoms with Crippen LogP contribution in [-0.4, -0.2) is 125 Å². The molecule has 2 aliphatic rings. The average molecular weight is 757 g/mol. The van der Waals surface area contributed by atoms with Gasteiger partial charge in [0.25, 0.3) is 0 Å². The Morgan fingerprint density at radius 3 is 2.19 bits per heavy atom. The summed E-state index contributed by atoms with van der Waals surface area (Å²) < 4.78 is 34.3. The number of aliphatic hydroxyl groups is 5. The minimum atomic E-state index is -2.02. The average Bonchev–Trinajstić information content (AvgIpc) is 3.13. The van der Waals surface area contributed by atoms with E-state index in [9.17, 15) is 60.7 Å². The smallest absolute Gasteiger partial charge is 0.330 e. The third kappa shape index (κ3) is 7.77. The lowest BCUT2D eigenvalue weighted by molar-refractivity contribution is -0.354. The molecule has 0 aliphatic carbocycles. The first-order valence-electron chi connectivity index (χ1n) is 16.3. The van der Waals surface area contributed by atoms with E-state index in [1.54, 1.807) is 0 Å². The monoisotopic (exact) mass is 756 g/mol. The van der Waals surface area contributed by atoms with Crippen molar-refractivity contribution in [2.45, 2.75) is 68.3 Å². The van der Waals surface area contributed by atoms with Crippen molar-refractivity contribution in [1.82, 2.24) is 0 Å². The van der Waals surface area contributed by atoms with Crippen LogP contribution in [0.1, 0.15) is 12.5 Å². The van der Waals surface area contributed by atoms with Gasteiger partial charge in [-0.1, -0.05) is 12.1 Å². The summed E-state index contributed by atoms with van der Waals surface area (Å²) in [5, 5.41) is 104. The van der Waals surface area contributed by atoms with E-state index in [2.05, 4.69) is 0 Å². The maximum absolute atomic E-state index is 14.0. The molecule has 288 valence electrons. The van der Waals surface area contributed by atoms with Gasteiger partial charge in [-0.2, -0.15) is 0 Å². The van der Waals surface area contributed by atoms with Gasteiger partial charge in [-0.05, 0) is 48.9 Å². The highest BCUT2D eigenvalue weighted by Crippen LogP contribution is 2.40. The third-order valence-corrected chi connectivity index (χ3v) is 8.83. The molecular weight excluding hydrogens is 720 g/mol. The number of carbonyl (C=O) groups excluding carboxylic acids is 1. The van der Waals surface area contributed by atoms with Gasteiger partial charge in [-0.15, -0.1) is 0 Å². The molecule has 0 amide bonds. The first kappa shape index (κ1) is 38.3. The van der Waals surface area contributed by atoms with Crippen LogP contribution >= 0.6 is 0 Å². The van der Waals surface area contributed by atoms with Crippen LogP contribution in [0.4, 0.5) is 0 Å². The fraction of sp³-hybridized carbons (Fsp3) is 0.333. The van der Waals surface area contributed by atoms with Gasteiger partial charge in [0, 0.05) is 23.8 Å². The van der Waals surface area contributed by atoms with Crippen LogP contribution in [-0.2, 0) is 23.7 Å². The van der Waals surface area contributed by atoms with E-state index in [0.717, 1.165) is 30.3 Å². The highest BCUT2D eigenvalue weighted by Gasteiger charge is 2.51. The van der Waals surface area contributed by atoms with E-state index in [1.165, 1.54) is 43.3 Å². The number of hydrogen-bond acceptors (Lipinski definition) is 18. The van der Waals surface area contributed by atoms with E-state index in [-0.39, 0.29) is 16.9 Å². The highest BCUT2D eigenvalue weighted by atomic mass is 16.8. The lowest BCUT2D eigenvalue weighted by Crippen LogP contribution is -2.64. The summed E-state index contributed by atoms with van der Waals surface area (Å²) in [4.78, 5) is 26.6. The van der Waals surface area contributed by atoms with Crippen LogP contribution in [0.3, 0.4) is 0 Å². The van der Waals surface area contributed by atoms with Gasteiger partial charge in [0.1, 0.15) is 71.4 Å². The Hall–Kier alpha value is -5.44. The number of benzene rings is 3. The van der Waals surface area contributed by atoms with E-state index in [1.807, 2.05) is 0 Å². The molecule has 0 radical (unpaired) electrons. The molecule has 0 saturated carbocycles. The van der Waals surface area contributed by atoms with Gasteiger partial charge in [-0.25, -0.2) is 4.79 Å². The van der Waals surface area contributed by atoms with Crippen LogP contribution in [0, 0.1) is 0 Å². The van der Waals surface area contributed by atoms with Gasteiger partial charge in [0.2, 0.25) is 17.5 Å². The second-order valence-corrected chi connectivity index (χ2v) is 12.6. The van der Waals surface area contributed by atoms with Gasteiger partial charge in [0.15, 0.2) is 29.7 Å². The quantitative estimate of drug-likeness (QED) is 0.0623. The van der Waals surface area contributed by atoms with Gasteiger partial charge < -0.3 is 79.2 Å². The molecule has 2 fully saturated rings. The fourth-order valence-electron chi connectivity index (χ4n) is 5.87. The molecule has 3 aromatic carbocycles. The molecular formula is C36H36O18. The van der Waals surface area contributed by atoms with Crippen molar-refractivity contribution in [3.63, 3.8) is 0 Å². The maximum Gasteiger partial charge on any atom is 0.330 e. The van der Waals surface area contributed by atoms with Crippen molar-refractivity contribution >= 4 is 23.0 Å². The Labute approximate surface area is 304 Å². The third-order valence-electron chi connectivity index (χ3n) is 8.83. The number of aromatic hydroxyl groups is 5. The Kier molecular flexibility index (Phi) is 11.0. The first-order valence-corrected chi connectivity index (χ1v) is 16.3. The van der Waals surface area contributed by atoms with Crippen LogP contribution < -0.4 is 10.2 Å². The summed E-state index contributed by atoms with van der Waals surface area (Å²) >= 11 is 0. The van der Waals surface area contributed by atoms with Gasteiger partial charge >= 0.3 is 5.97 Å². The second kappa shape index (κ2) is 15.5. The number of phenolic OH excluding ortho intramolecular Hbond substituents is 5. The Morgan fingerprint density at radius 1 is 0.759 bits per heavy atom. The lowest BCUT2D eigenvalue weighted by Gasteiger charge is -2.45. The molecule has 54 heavy (non-hydrogen) atoms. The van der Waals surface area contributed by atoms with Crippen molar-refractivity contribution in [2.24, 2.45) is 0 Å². The number of rotatable bonds is 9. The fourth-order valence-corrected chi connectivity index (χ4v) is 5.87. The normalized spacial score (nSPS) is 28.6. The summed E-state index contributed by atoms with van der Waals surface area (Å²) in [6.45, 7) is 0.649. The summed E-state index contributed by atoms with van der Waals surface area (Å²) in [6.07, 6.45) is -15.1. The van der Waals surface area contributed by atoms with Crippen LogP contribution in [0.5, 0.6) is 34.5 Å². The number of carbonyl (C=O) groups is 1. The molecule has 2 saturated heterocycles. The largest absolute Gasteiger partial charge is 0.508 e. The topological polar surface area (TPSA) is 296 Å². The van der Waals surface area contributed by atoms with Crippen molar-refractivity contribution in [3.8, 4) is 45.8 Å². The summed E-state index contributed by atoms with van der Waals surface area (Å²) in [6, 6.07) is 11.0. The zero-order valence-electron chi connectivity index (χ0n) is 28.1. The Morgan fingerprint density at radius 2 is 1.48 bits per heavy atom. The molecule has 1 aromatic heterocycles. The number of phenols is 5. The maximum atomic E-state index is 14.0. The van der Waals surface area contributed by atoms with Crippen LogP contribution in [0.25, 0.3) is 28.4 Å². The Bertz CT molecular complexity index is 2080. The molecule has 10 atom stereocenters. The summed E-state index contributed by atoms with van der Waals surface area (Å²) in [5.41, 5.74) is -0.970. The molecule has 18 heteroatoms. The van der Waals surface area contributed by atoms with E-state index in [0.29, 0.717) is 5.56 Å². The molecule has 10 N–H and O–H groups in total. The predicted octanol–water partition coefficient (Wildman–Crippen LogP) is 0.283. The summed E-state index contributed by atoms with van der Waals surface area (Å²) in [5.74, 6) is -4.52. The summed E-state index contributed by atoms with van der Waals surface area (Å²) in [7, 11) is 0. The van der Waals surface area contributed by atoms with E-state index >= 15 is 0 Å². The minimum Gasteiger partial charge on any atom is -0.508 e. The predicted molar refractivity (Wildman–Crippen MR) is 181 cm³/mol. The van der Waals surface area contributed by atoms with Crippen LogP contribution in [0.15, 0.2) is 69.9 Å². The zero-order chi connectivity index (χ0) is 39.0. The molecule has 4 aromatic rings. The number of esters is 1. The molecule has 0 spiro atoms. The van der Waals surface area contributed by atoms with E-state index in [4.69, 9.17) is 28.1 Å². The van der Waals surface area contributed by atoms with Crippen LogP contribution in [0.2, 0.25) is 0 Å². The van der Waals surface area contributed by atoms with Crippen molar-refractivity contribution in [1.29, 1.82) is 0 Å². The van der Waals surface area contributed by atoms with E-state index < -0.39 is 119 Å². The molecule has 6 rings (SSSR count). The second-order valence-electron chi connectivity index (χ2n) is 12.6. The van der Waals surface area contributed by atoms with Gasteiger partial charge in [0.05, 0.1) is 6.10 Å². The highest BCUT2D eigenvalue weighted by molar-refractivity contribution is 5.88. The molecule has 0 unspecified atom stereocenters. The number of aliphatic hydroxyl groups excluding tert-OH is 5. The number of hydrogen-bond donors (Lipinski definition) is 10. The first-order chi connectivity index (χ1) is 25.6. The zero-order valence-corrected chi connectivity index (χ0v) is 28.1. The standard InChI is InChI=1S/C36H36O18/c1-14-26(43)29(46)31(48)35(50-14)54-34-30(47)27(44)23(13-49-24(42)9-4-15-2-6-17(37)7-3-15)52-36(34)53-33-28(45)25-21(41)11-18(38)12-22(25)51-32(33)16-5-8-19(39)20(40)10-16/h2-12,14,23,26-27,29-31,34-41,43-44,46-48H,13H2,1H3/b9-4+/t14-,23+,26-,27+,29+,30-,31+,34+,35-,36-/m0/s1.